The topological polar surface area (TPSA) is 88.0 Å². The number of aromatic nitrogens is 3. The fourth-order valence-corrected chi connectivity index (χ4v) is 3.30. The highest BCUT2D eigenvalue weighted by Gasteiger charge is 2.17. The summed E-state index contributed by atoms with van der Waals surface area (Å²) in [5, 5.41) is 13.1. The molecule has 2 N–H and O–H groups in total. The van der Waals surface area contributed by atoms with Gasteiger partial charge in [-0.05, 0) is 25.1 Å². The number of carbonyl (C=O) groups is 1. The molecule has 134 valence electrons. The van der Waals surface area contributed by atoms with Crippen molar-refractivity contribution in [3.8, 4) is 11.4 Å². The smallest absolute Gasteiger partial charge is 0.252 e. The van der Waals surface area contributed by atoms with Crippen LogP contribution in [0.2, 0.25) is 5.02 Å². The van der Waals surface area contributed by atoms with E-state index < -0.39 is 17.8 Å². The number of aliphatic hydroxyl groups is 1. The zero-order chi connectivity index (χ0) is 18.7. The average Bonchev–Trinajstić information content (AvgIpc) is 3.06. The van der Waals surface area contributed by atoms with Gasteiger partial charge in [-0.2, -0.15) is 0 Å². The van der Waals surface area contributed by atoms with Gasteiger partial charge in [0.2, 0.25) is 0 Å². The average molecular weight is 393 g/mol. The van der Waals surface area contributed by atoms with E-state index >= 15 is 0 Å². The Balaban J connectivity index is 1.75. The quantitative estimate of drug-likeness (QED) is 0.696. The Labute approximate surface area is 157 Å². The van der Waals surface area contributed by atoms with Crippen LogP contribution in [-0.4, -0.2) is 32.5 Å². The number of thiazole rings is 1. The first-order valence-corrected chi connectivity index (χ1v) is 8.85. The summed E-state index contributed by atoms with van der Waals surface area (Å²) in [6.45, 7) is 1.81. The number of nitrogens with one attached hydrogen (secondary N) is 1. The number of rotatable bonds is 5. The van der Waals surface area contributed by atoms with Gasteiger partial charge in [0.05, 0.1) is 39.1 Å². The van der Waals surface area contributed by atoms with Gasteiger partial charge in [-0.25, -0.2) is 19.3 Å². The molecule has 0 bridgehead atoms. The van der Waals surface area contributed by atoms with Gasteiger partial charge in [-0.15, -0.1) is 11.3 Å². The molecule has 3 aromatic rings. The molecule has 6 nitrogen and oxygen atoms in total. The maximum atomic E-state index is 13.0. The third-order valence-electron chi connectivity index (χ3n) is 3.63. The molecule has 26 heavy (non-hydrogen) atoms. The molecule has 2 aromatic heterocycles. The van der Waals surface area contributed by atoms with Crippen LogP contribution in [-0.2, 0) is 0 Å². The van der Waals surface area contributed by atoms with Crippen molar-refractivity contribution in [2.24, 2.45) is 0 Å². The lowest BCUT2D eigenvalue weighted by atomic mass is 10.1. The van der Waals surface area contributed by atoms with Crippen LogP contribution >= 0.6 is 22.9 Å². The highest BCUT2D eigenvalue weighted by atomic mass is 35.5. The number of aliphatic hydroxyl groups excluding tert-OH is 1. The molecular formula is C17H14ClFN4O2S. The van der Waals surface area contributed by atoms with Crippen LogP contribution in [0.15, 0.2) is 36.1 Å². The molecule has 9 heteroatoms. The van der Waals surface area contributed by atoms with E-state index in [0.717, 1.165) is 18.1 Å². The SMILES string of the molecule is Cc1ncsc1[C@@H](O)CNC(=O)c1cc(-c2ncc(F)cn2)ccc1Cl. The van der Waals surface area contributed by atoms with Crippen LogP contribution in [0.1, 0.15) is 27.0 Å². The van der Waals surface area contributed by atoms with Crippen molar-refractivity contribution in [3.63, 3.8) is 0 Å². The lowest BCUT2D eigenvalue weighted by Crippen LogP contribution is -2.28. The Morgan fingerprint density at radius 2 is 2.08 bits per heavy atom. The minimum atomic E-state index is -0.853. The fourth-order valence-electron chi connectivity index (χ4n) is 2.31. The number of amides is 1. The summed E-state index contributed by atoms with van der Waals surface area (Å²) < 4.78 is 13.0. The molecule has 0 radical (unpaired) electrons. The maximum Gasteiger partial charge on any atom is 0.252 e. The van der Waals surface area contributed by atoms with Crippen molar-refractivity contribution in [1.29, 1.82) is 0 Å². The monoisotopic (exact) mass is 392 g/mol. The first kappa shape index (κ1) is 18.4. The van der Waals surface area contributed by atoms with Crippen LogP contribution in [0.25, 0.3) is 11.4 Å². The number of halogens is 2. The third-order valence-corrected chi connectivity index (χ3v) is 4.99. The van der Waals surface area contributed by atoms with E-state index in [0.29, 0.717) is 10.4 Å². The number of nitrogens with zero attached hydrogens (tertiary/aromatic N) is 3. The first-order valence-electron chi connectivity index (χ1n) is 7.59. The van der Waals surface area contributed by atoms with Gasteiger partial charge < -0.3 is 10.4 Å². The lowest BCUT2D eigenvalue weighted by molar-refractivity contribution is 0.0917. The van der Waals surface area contributed by atoms with Crippen LogP contribution < -0.4 is 5.32 Å². The molecule has 0 saturated carbocycles. The Hall–Kier alpha value is -2.42. The molecule has 1 atom stereocenters. The Bertz CT molecular complexity index is 933. The van der Waals surface area contributed by atoms with Crippen LogP contribution in [0, 0.1) is 12.7 Å². The molecule has 1 aromatic carbocycles. The van der Waals surface area contributed by atoms with Gasteiger partial charge in [-0.1, -0.05) is 11.6 Å². The molecule has 0 unspecified atom stereocenters. The Kier molecular flexibility index (Phi) is 5.55. The summed E-state index contributed by atoms with van der Waals surface area (Å²) >= 11 is 7.44. The van der Waals surface area contributed by atoms with Crippen LogP contribution in [0.5, 0.6) is 0 Å². The number of aryl methyl sites for hydroxylation is 1. The van der Waals surface area contributed by atoms with Gasteiger partial charge in [0.25, 0.3) is 5.91 Å². The Morgan fingerprint density at radius 3 is 2.73 bits per heavy atom. The molecule has 0 fully saturated rings. The van der Waals surface area contributed by atoms with Crippen LogP contribution in [0.4, 0.5) is 4.39 Å². The minimum Gasteiger partial charge on any atom is -0.386 e. The van der Waals surface area contributed by atoms with Crippen molar-refractivity contribution >= 4 is 28.8 Å². The zero-order valence-electron chi connectivity index (χ0n) is 13.6. The predicted octanol–water partition coefficient (Wildman–Crippen LogP) is 3.16. The van der Waals surface area contributed by atoms with Crippen molar-refractivity contribution < 1.29 is 14.3 Å². The van der Waals surface area contributed by atoms with Crippen molar-refractivity contribution in [3.05, 3.63) is 63.1 Å². The molecule has 0 saturated heterocycles. The largest absolute Gasteiger partial charge is 0.386 e. The molecule has 2 heterocycles. The van der Waals surface area contributed by atoms with E-state index in [1.54, 1.807) is 24.6 Å². The summed E-state index contributed by atoms with van der Waals surface area (Å²) in [5.74, 6) is -0.717. The van der Waals surface area contributed by atoms with E-state index in [1.807, 2.05) is 0 Å². The van der Waals surface area contributed by atoms with E-state index in [1.165, 1.54) is 17.4 Å². The summed E-state index contributed by atoms with van der Waals surface area (Å²) in [4.78, 5) is 25.0. The second kappa shape index (κ2) is 7.86. The molecule has 0 aliphatic heterocycles. The standard InChI is InChI=1S/C17H14ClFN4O2S/c1-9-15(26-8-23-9)14(24)7-22-17(25)12-4-10(2-3-13(12)18)16-20-5-11(19)6-21-16/h2-6,8,14,24H,7H2,1H3,(H,22,25)/t14-/m0/s1. The van der Waals surface area contributed by atoms with Gasteiger partial charge in [0.1, 0.15) is 6.10 Å². The summed E-state index contributed by atoms with van der Waals surface area (Å²) in [7, 11) is 0. The molecular weight excluding hydrogens is 379 g/mol. The maximum absolute atomic E-state index is 13.0. The summed E-state index contributed by atoms with van der Waals surface area (Å²) in [5.41, 5.74) is 3.10. The number of benzene rings is 1. The highest BCUT2D eigenvalue weighted by molar-refractivity contribution is 7.09. The van der Waals surface area contributed by atoms with Gasteiger partial charge in [0, 0.05) is 12.1 Å². The molecule has 1 amide bonds. The summed E-state index contributed by atoms with van der Waals surface area (Å²) in [6, 6.07) is 4.71. The van der Waals surface area contributed by atoms with Crippen molar-refractivity contribution in [2.75, 3.05) is 6.54 Å². The predicted molar refractivity (Wildman–Crippen MR) is 96.6 cm³/mol. The van der Waals surface area contributed by atoms with Gasteiger partial charge in [0.15, 0.2) is 11.6 Å². The second-order valence-corrected chi connectivity index (χ2v) is 6.74. The molecule has 0 spiro atoms. The van der Waals surface area contributed by atoms with Crippen LogP contribution in [0.3, 0.4) is 0 Å². The summed E-state index contributed by atoms with van der Waals surface area (Å²) in [6.07, 6.45) is 1.24. The van der Waals surface area contributed by atoms with Crippen molar-refractivity contribution in [2.45, 2.75) is 13.0 Å². The van der Waals surface area contributed by atoms with E-state index in [9.17, 15) is 14.3 Å². The van der Waals surface area contributed by atoms with Gasteiger partial charge in [-0.3, -0.25) is 4.79 Å². The normalized spacial score (nSPS) is 12.0. The molecule has 0 aliphatic carbocycles. The van der Waals surface area contributed by atoms with Gasteiger partial charge >= 0.3 is 0 Å². The zero-order valence-corrected chi connectivity index (χ0v) is 15.2. The van der Waals surface area contributed by atoms with E-state index in [-0.39, 0.29) is 23.0 Å². The van der Waals surface area contributed by atoms with E-state index in [2.05, 4.69) is 20.3 Å². The van der Waals surface area contributed by atoms with Crippen molar-refractivity contribution in [1.82, 2.24) is 20.3 Å². The number of hydrogen-bond donors (Lipinski definition) is 2. The Morgan fingerprint density at radius 1 is 1.35 bits per heavy atom. The third kappa shape index (κ3) is 4.04. The fraction of sp³-hybridized carbons (Fsp3) is 0.176. The highest BCUT2D eigenvalue weighted by Crippen LogP contribution is 2.24. The minimum absolute atomic E-state index is 0.0233. The molecule has 3 rings (SSSR count). The number of carbonyl (C=O) groups excluding carboxylic acids is 1. The lowest BCUT2D eigenvalue weighted by Gasteiger charge is -2.12. The first-order chi connectivity index (χ1) is 12.5. The second-order valence-electron chi connectivity index (χ2n) is 5.45. The number of hydrogen-bond acceptors (Lipinski definition) is 6. The van der Waals surface area contributed by atoms with E-state index in [4.69, 9.17) is 11.6 Å². The molecule has 0 aliphatic rings.